The van der Waals surface area contributed by atoms with E-state index >= 15 is 0 Å². The highest BCUT2D eigenvalue weighted by Gasteiger charge is 2.20. The first kappa shape index (κ1) is 11.8. The Morgan fingerprint density at radius 2 is 2.22 bits per heavy atom. The molecule has 0 unspecified atom stereocenters. The summed E-state index contributed by atoms with van der Waals surface area (Å²) in [6.07, 6.45) is 5.86. The number of pyridine rings is 1. The molecule has 94 valence electrons. The molecule has 0 radical (unpaired) electrons. The van der Waals surface area contributed by atoms with Crippen LogP contribution >= 0.6 is 15.9 Å². The molecule has 0 saturated heterocycles. The van der Waals surface area contributed by atoms with Crippen molar-refractivity contribution in [3.8, 4) is 0 Å². The molecule has 1 aromatic carbocycles. The number of nitrogens with zero attached hydrogens (tertiary/aromatic N) is 1. The Balaban J connectivity index is 1.88. The van der Waals surface area contributed by atoms with Gasteiger partial charge < -0.3 is 11.1 Å². The largest absolute Gasteiger partial charge is 0.398 e. The molecule has 3 nitrogen and oxygen atoms in total. The molecule has 1 aliphatic rings. The van der Waals surface area contributed by atoms with Crippen molar-refractivity contribution in [2.24, 2.45) is 5.92 Å². The number of aromatic nitrogens is 1. The van der Waals surface area contributed by atoms with Gasteiger partial charge in [-0.3, -0.25) is 4.98 Å². The topological polar surface area (TPSA) is 50.9 Å². The highest BCUT2D eigenvalue weighted by molar-refractivity contribution is 9.10. The molecule has 0 amide bonds. The first-order valence-electron chi connectivity index (χ1n) is 6.31. The molecule has 0 atom stereocenters. The van der Waals surface area contributed by atoms with Crippen molar-refractivity contribution in [2.45, 2.75) is 19.3 Å². The smallest absolute Gasteiger partial charge is 0.0954 e. The monoisotopic (exact) mass is 305 g/mol. The molecule has 4 heteroatoms. The second-order valence-electron chi connectivity index (χ2n) is 4.91. The highest BCUT2D eigenvalue weighted by atomic mass is 79.9. The lowest BCUT2D eigenvalue weighted by molar-refractivity contribution is 0.760. The molecule has 2 aromatic rings. The number of fused-ring (bicyclic) bond motifs is 1. The van der Waals surface area contributed by atoms with Gasteiger partial charge in [0.15, 0.2) is 0 Å². The fourth-order valence-electron chi connectivity index (χ4n) is 2.18. The minimum Gasteiger partial charge on any atom is -0.398 e. The summed E-state index contributed by atoms with van der Waals surface area (Å²) in [5.41, 5.74) is 8.79. The van der Waals surface area contributed by atoms with Gasteiger partial charge in [-0.15, -0.1) is 0 Å². The van der Waals surface area contributed by atoms with E-state index in [1.54, 1.807) is 0 Å². The van der Waals surface area contributed by atoms with Crippen molar-refractivity contribution in [3.05, 3.63) is 28.9 Å². The van der Waals surface area contributed by atoms with E-state index in [1.807, 2.05) is 24.4 Å². The molecule has 1 aromatic heterocycles. The molecular weight excluding hydrogens is 290 g/mol. The zero-order chi connectivity index (χ0) is 12.5. The summed E-state index contributed by atoms with van der Waals surface area (Å²) < 4.78 is 0.955. The number of nitrogens with one attached hydrogen (secondary N) is 1. The van der Waals surface area contributed by atoms with E-state index in [9.17, 15) is 0 Å². The molecule has 3 rings (SSSR count). The second kappa shape index (κ2) is 4.76. The molecule has 18 heavy (non-hydrogen) atoms. The Labute approximate surface area is 115 Å². The van der Waals surface area contributed by atoms with Crippen LogP contribution in [-0.2, 0) is 0 Å². The molecule has 1 fully saturated rings. The maximum atomic E-state index is 5.99. The summed E-state index contributed by atoms with van der Waals surface area (Å²) >= 11 is 3.43. The van der Waals surface area contributed by atoms with E-state index in [-0.39, 0.29) is 0 Å². The van der Waals surface area contributed by atoms with Gasteiger partial charge in [0, 0.05) is 28.3 Å². The summed E-state index contributed by atoms with van der Waals surface area (Å²) in [5, 5.41) is 4.47. The van der Waals surface area contributed by atoms with Gasteiger partial charge in [0.25, 0.3) is 0 Å². The Kier molecular flexibility index (Phi) is 3.12. The van der Waals surface area contributed by atoms with E-state index < -0.39 is 0 Å². The highest BCUT2D eigenvalue weighted by Crippen LogP contribution is 2.33. The standard InChI is InChI=1S/C14H16BrN3/c15-10-7-11-12(16)3-4-13(14(11)18-8-10)17-6-5-9-1-2-9/h3-4,7-9,17H,1-2,5-6,16H2. The van der Waals surface area contributed by atoms with Crippen LogP contribution < -0.4 is 11.1 Å². The Bertz CT molecular complexity index is 579. The van der Waals surface area contributed by atoms with Crippen LogP contribution in [0.1, 0.15) is 19.3 Å². The first-order chi connectivity index (χ1) is 8.74. The zero-order valence-corrected chi connectivity index (χ0v) is 11.7. The molecule has 1 saturated carbocycles. The van der Waals surface area contributed by atoms with Gasteiger partial charge in [0.2, 0.25) is 0 Å². The van der Waals surface area contributed by atoms with E-state index in [0.29, 0.717) is 0 Å². The van der Waals surface area contributed by atoms with Crippen LogP contribution in [0, 0.1) is 5.92 Å². The van der Waals surface area contributed by atoms with Crippen LogP contribution in [0.25, 0.3) is 10.9 Å². The van der Waals surface area contributed by atoms with Gasteiger partial charge in [0.1, 0.15) is 0 Å². The van der Waals surface area contributed by atoms with Crippen molar-refractivity contribution in [2.75, 3.05) is 17.6 Å². The van der Waals surface area contributed by atoms with E-state index in [1.165, 1.54) is 19.3 Å². The lowest BCUT2D eigenvalue weighted by Crippen LogP contribution is -2.04. The number of nitrogen functional groups attached to an aromatic ring is 1. The van der Waals surface area contributed by atoms with Crippen molar-refractivity contribution < 1.29 is 0 Å². The van der Waals surface area contributed by atoms with Gasteiger partial charge in [-0.2, -0.15) is 0 Å². The van der Waals surface area contributed by atoms with Gasteiger partial charge >= 0.3 is 0 Å². The number of nitrogens with two attached hydrogens (primary N) is 1. The molecule has 1 heterocycles. The van der Waals surface area contributed by atoms with Crippen LogP contribution in [-0.4, -0.2) is 11.5 Å². The minimum atomic E-state index is 0.770. The van der Waals surface area contributed by atoms with Gasteiger partial charge in [-0.1, -0.05) is 12.8 Å². The molecule has 0 aliphatic heterocycles. The summed E-state index contributed by atoms with van der Waals surface area (Å²) in [7, 11) is 0. The van der Waals surface area contributed by atoms with Crippen LogP contribution in [0.4, 0.5) is 11.4 Å². The average Bonchev–Trinajstić information content (AvgIpc) is 3.17. The molecule has 3 N–H and O–H groups in total. The summed E-state index contributed by atoms with van der Waals surface area (Å²) in [6.45, 7) is 1.02. The Morgan fingerprint density at radius 3 is 3.00 bits per heavy atom. The first-order valence-corrected chi connectivity index (χ1v) is 7.11. The van der Waals surface area contributed by atoms with Crippen LogP contribution in [0.5, 0.6) is 0 Å². The average molecular weight is 306 g/mol. The number of anilines is 2. The normalized spacial score (nSPS) is 14.9. The third-order valence-electron chi connectivity index (χ3n) is 3.41. The molecule has 1 aliphatic carbocycles. The third-order valence-corrected chi connectivity index (χ3v) is 3.85. The van der Waals surface area contributed by atoms with E-state index in [2.05, 4.69) is 26.2 Å². The number of rotatable bonds is 4. The van der Waals surface area contributed by atoms with E-state index in [4.69, 9.17) is 5.73 Å². The second-order valence-corrected chi connectivity index (χ2v) is 5.83. The predicted molar refractivity (Wildman–Crippen MR) is 79.7 cm³/mol. The summed E-state index contributed by atoms with van der Waals surface area (Å²) in [5.74, 6) is 0.944. The van der Waals surface area contributed by atoms with Gasteiger partial charge in [0.05, 0.1) is 11.2 Å². The van der Waals surface area contributed by atoms with Crippen molar-refractivity contribution in [3.63, 3.8) is 0 Å². The van der Waals surface area contributed by atoms with Gasteiger partial charge in [-0.05, 0) is 46.5 Å². The summed E-state index contributed by atoms with van der Waals surface area (Å²) in [6, 6.07) is 5.98. The van der Waals surface area contributed by atoms with Crippen molar-refractivity contribution in [1.82, 2.24) is 4.98 Å². The van der Waals surface area contributed by atoms with Crippen molar-refractivity contribution >= 4 is 38.2 Å². The Morgan fingerprint density at radius 1 is 1.39 bits per heavy atom. The van der Waals surface area contributed by atoms with Crippen LogP contribution in [0.3, 0.4) is 0 Å². The van der Waals surface area contributed by atoms with Gasteiger partial charge in [-0.25, -0.2) is 0 Å². The lowest BCUT2D eigenvalue weighted by atomic mass is 10.1. The fourth-order valence-corrected chi connectivity index (χ4v) is 2.51. The zero-order valence-electron chi connectivity index (χ0n) is 10.1. The maximum absolute atomic E-state index is 5.99. The Hall–Kier alpha value is -1.29. The number of hydrogen-bond donors (Lipinski definition) is 2. The molecule has 0 bridgehead atoms. The predicted octanol–water partition coefficient (Wildman–Crippen LogP) is 3.79. The van der Waals surface area contributed by atoms with Crippen molar-refractivity contribution in [1.29, 1.82) is 0 Å². The van der Waals surface area contributed by atoms with Crippen LogP contribution in [0.2, 0.25) is 0 Å². The van der Waals surface area contributed by atoms with Crippen LogP contribution in [0.15, 0.2) is 28.9 Å². The number of halogens is 1. The summed E-state index contributed by atoms with van der Waals surface area (Å²) in [4.78, 5) is 4.47. The fraction of sp³-hybridized carbons (Fsp3) is 0.357. The maximum Gasteiger partial charge on any atom is 0.0954 e. The SMILES string of the molecule is Nc1ccc(NCCC2CC2)c2ncc(Br)cc12. The lowest BCUT2D eigenvalue weighted by Gasteiger charge is -2.10. The quantitative estimate of drug-likeness (QED) is 0.845. The minimum absolute atomic E-state index is 0.770. The number of benzene rings is 1. The number of hydrogen-bond acceptors (Lipinski definition) is 3. The third kappa shape index (κ3) is 2.43. The van der Waals surface area contributed by atoms with E-state index in [0.717, 1.165) is 39.2 Å². The molecule has 0 spiro atoms. The molecular formula is C14H16BrN3.